The Bertz CT molecular complexity index is 207. The maximum Gasteiger partial charge on any atom is 0.222 e. The summed E-state index contributed by atoms with van der Waals surface area (Å²) in [6.07, 6.45) is 6.58. The fourth-order valence-electron chi connectivity index (χ4n) is 1.96. The fraction of sp³-hybridized carbons (Fsp3) is 0.917. The van der Waals surface area contributed by atoms with Crippen LogP contribution < -0.4 is 0 Å². The van der Waals surface area contributed by atoms with Gasteiger partial charge in [-0.2, -0.15) is 0 Å². The van der Waals surface area contributed by atoms with Crippen LogP contribution in [0.15, 0.2) is 0 Å². The first-order valence-electron chi connectivity index (χ1n) is 6.26. The van der Waals surface area contributed by atoms with Gasteiger partial charge in [-0.3, -0.25) is 4.79 Å². The van der Waals surface area contributed by atoms with Crippen LogP contribution in [0.1, 0.15) is 44.9 Å². The van der Waals surface area contributed by atoms with Gasteiger partial charge in [-0.15, -0.1) is 11.6 Å². The highest BCUT2D eigenvalue weighted by molar-refractivity contribution is 6.17. The van der Waals surface area contributed by atoms with E-state index < -0.39 is 0 Å². The van der Waals surface area contributed by atoms with Crippen LogP contribution in [-0.2, 0) is 4.79 Å². The van der Waals surface area contributed by atoms with Gasteiger partial charge in [0.25, 0.3) is 0 Å². The minimum atomic E-state index is 0.165. The van der Waals surface area contributed by atoms with E-state index in [1.807, 2.05) is 4.90 Å². The molecule has 0 aromatic heterocycles. The van der Waals surface area contributed by atoms with Crippen molar-refractivity contribution >= 4 is 17.5 Å². The number of halogens is 1. The van der Waals surface area contributed by atoms with Gasteiger partial charge in [0.05, 0.1) is 0 Å². The molecule has 1 amide bonds. The first kappa shape index (κ1) is 13.8. The molecule has 3 nitrogen and oxygen atoms in total. The third-order valence-electron chi connectivity index (χ3n) is 3.17. The van der Waals surface area contributed by atoms with Gasteiger partial charge in [0, 0.05) is 31.5 Å². The number of unbranched alkanes of at least 4 members (excludes halogenated alkanes) is 1. The highest BCUT2D eigenvalue weighted by atomic mass is 35.5. The summed E-state index contributed by atoms with van der Waals surface area (Å²) in [5.41, 5.74) is 0. The summed E-state index contributed by atoms with van der Waals surface area (Å²) in [7, 11) is 0. The molecular weight excluding hydrogens is 226 g/mol. The van der Waals surface area contributed by atoms with Gasteiger partial charge in [-0.25, -0.2) is 0 Å². The maximum absolute atomic E-state index is 12.0. The summed E-state index contributed by atoms with van der Waals surface area (Å²) in [6, 6.07) is 0.440. The van der Waals surface area contributed by atoms with Crippen LogP contribution in [-0.4, -0.2) is 41.0 Å². The van der Waals surface area contributed by atoms with Crippen molar-refractivity contribution in [2.75, 3.05) is 19.0 Å². The molecule has 1 aliphatic carbocycles. The number of alkyl halides is 1. The molecule has 0 aliphatic heterocycles. The molecule has 0 aromatic carbocycles. The number of hydrogen-bond donors (Lipinski definition) is 1. The lowest BCUT2D eigenvalue weighted by molar-refractivity contribution is -0.135. The zero-order valence-corrected chi connectivity index (χ0v) is 10.6. The van der Waals surface area contributed by atoms with Gasteiger partial charge in [-0.1, -0.05) is 0 Å². The van der Waals surface area contributed by atoms with Crippen molar-refractivity contribution in [2.24, 2.45) is 0 Å². The Labute approximate surface area is 103 Å². The molecule has 1 rings (SSSR count). The van der Waals surface area contributed by atoms with Crippen molar-refractivity contribution in [3.05, 3.63) is 0 Å². The summed E-state index contributed by atoms with van der Waals surface area (Å²) in [6.45, 7) is 0.874. The van der Waals surface area contributed by atoms with Crippen molar-refractivity contribution < 1.29 is 9.90 Å². The molecule has 0 saturated heterocycles. The molecule has 0 spiro atoms. The van der Waals surface area contributed by atoms with Crippen molar-refractivity contribution in [3.8, 4) is 0 Å². The molecule has 0 heterocycles. The average Bonchev–Trinajstić information content (AvgIpc) is 2.21. The molecule has 0 aromatic rings. The molecule has 1 fully saturated rings. The van der Waals surface area contributed by atoms with E-state index in [1.54, 1.807) is 0 Å². The van der Waals surface area contributed by atoms with Crippen LogP contribution in [0.2, 0.25) is 0 Å². The molecular formula is C12H22ClNO2. The topological polar surface area (TPSA) is 40.5 Å². The standard InChI is InChI=1S/C12H22ClNO2/c13-8-2-1-7-12(16)14(9-4-10-15)11-5-3-6-11/h11,15H,1-10H2. The molecule has 94 valence electrons. The predicted molar refractivity (Wildman–Crippen MR) is 65.6 cm³/mol. The molecule has 0 unspecified atom stereocenters. The van der Waals surface area contributed by atoms with E-state index in [1.165, 1.54) is 6.42 Å². The summed E-state index contributed by atoms with van der Waals surface area (Å²) in [5, 5.41) is 8.83. The van der Waals surface area contributed by atoms with E-state index in [0.717, 1.165) is 25.7 Å². The SMILES string of the molecule is O=C(CCCCCl)N(CCCO)C1CCC1. The van der Waals surface area contributed by atoms with Crippen molar-refractivity contribution in [3.63, 3.8) is 0 Å². The lowest BCUT2D eigenvalue weighted by Crippen LogP contribution is -2.44. The van der Waals surface area contributed by atoms with E-state index in [-0.39, 0.29) is 12.5 Å². The van der Waals surface area contributed by atoms with Crippen LogP contribution in [0.4, 0.5) is 0 Å². The quantitative estimate of drug-likeness (QED) is 0.528. The monoisotopic (exact) mass is 247 g/mol. The second-order valence-electron chi connectivity index (χ2n) is 4.40. The van der Waals surface area contributed by atoms with Crippen LogP contribution in [0.25, 0.3) is 0 Å². The average molecular weight is 248 g/mol. The van der Waals surface area contributed by atoms with E-state index in [4.69, 9.17) is 16.7 Å². The van der Waals surface area contributed by atoms with E-state index >= 15 is 0 Å². The number of hydrogen-bond acceptors (Lipinski definition) is 2. The summed E-state index contributed by atoms with van der Waals surface area (Å²) in [5.74, 6) is 0.871. The van der Waals surface area contributed by atoms with Crippen LogP contribution in [0, 0.1) is 0 Å². The molecule has 1 N–H and O–H groups in total. The highest BCUT2D eigenvalue weighted by Crippen LogP contribution is 2.25. The Kier molecular flexibility index (Phi) is 6.81. The zero-order valence-electron chi connectivity index (χ0n) is 9.83. The molecule has 16 heavy (non-hydrogen) atoms. The van der Waals surface area contributed by atoms with E-state index in [0.29, 0.717) is 31.3 Å². The minimum absolute atomic E-state index is 0.165. The van der Waals surface area contributed by atoms with Gasteiger partial charge in [0.15, 0.2) is 0 Å². The number of carbonyl (C=O) groups excluding carboxylic acids is 1. The molecule has 1 saturated carbocycles. The van der Waals surface area contributed by atoms with E-state index in [9.17, 15) is 4.79 Å². The number of aliphatic hydroxyl groups is 1. The Morgan fingerprint density at radius 2 is 2.06 bits per heavy atom. The number of amides is 1. The lowest BCUT2D eigenvalue weighted by atomic mass is 9.91. The predicted octanol–water partition coefficient (Wildman–Crippen LogP) is 2.16. The molecule has 4 heteroatoms. The van der Waals surface area contributed by atoms with Crippen LogP contribution in [0.3, 0.4) is 0 Å². The van der Waals surface area contributed by atoms with Gasteiger partial charge in [-0.05, 0) is 38.5 Å². The second kappa shape index (κ2) is 7.91. The van der Waals surface area contributed by atoms with Gasteiger partial charge < -0.3 is 10.0 Å². The summed E-state index contributed by atoms with van der Waals surface area (Å²) >= 11 is 5.59. The van der Waals surface area contributed by atoms with E-state index in [2.05, 4.69) is 0 Å². The zero-order chi connectivity index (χ0) is 11.8. The Hall–Kier alpha value is -0.280. The number of carbonyl (C=O) groups is 1. The van der Waals surface area contributed by atoms with Gasteiger partial charge in [0.2, 0.25) is 5.91 Å². The highest BCUT2D eigenvalue weighted by Gasteiger charge is 2.27. The Morgan fingerprint density at radius 1 is 1.31 bits per heavy atom. The first-order chi connectivity index (χ1) is 7.79. The molecule has 0 radical (unpaired) electrons. The minimum Gasteiger partial charge on any atom is -0.396 e. The van der Waals surface area contributed by atoms with Crippen molar-refractivity contribution in [1.82, 2.24) is 4.90 Å². The first-order valence-corrected chi connectivity index (χ1v) is 6.79. The molecule has 1 aliphatic rings. The Balaban J connectivity index is 2.31. The third kappa shape index (κ3) is 4.30. The van der Waals surface area contributed by atoms with Crippen molar-refractivity contribution in [2.45, 2.75) is 51.0 Å². The summed E-state index contributed by atoms with van der Waals surface area (Å²) < 4.78 is 0. The second-order valence-corrected chi connectivity index (χ2v) is 4.77. The third-order valence-corrected chi connectivity index (χ3v) is 3.43. The van der Waals surface area contributed by atoms with Crippen molar-refractivity contribution in [1.29, 1.82) is 0 Å². The molecule has 0 atom stereocenters. The normalized spacial score (nSPS) is 15.9. The van der Waals surface area contributed by atoms with Crippen LogP contribution in [0.5, 0.6) is 0 Å². The largest absolute Gasteiger partial charge is 0.396 e. The van der Waals surface area contributed by atoms with Gasteiger partial charge in [0.1, 0.15) is 0 Å². The lowest BCUT2D eigenvalue weighted by Gasteiger charge is -2.37. The van der Waals surface area contributed by atoms with Crippen LogP contribution >= 0.6 is 11.6 Å². The number of nitrogens with zero attached hydrogens (tertiary/aromatic N) is 1. The Morgan fingerprint density at radius 3 is 2.56 bits per heavy atom. The number of aliphatic hydroxyl groups excluding tert-OH is 1. The smallest absolute Gasteiger partial charge is 0.222 e. The fourth-order valence-corrected chi connectivity index (χ4v) is 2.15. The summed E-state index contributed by atoms with van der Waals surface area (Å²) in [4.78, 5) is 13.9. The van der Waals surface area contributed by atoms with Gasteiger partial charge >= 0.3 is 0 Å². The maximum atomic E-state index is 12.0. The molecule has 0 bridgehead atoms. The number of rotatable bonds is 8.